The third-order valence-electron chi connectivity index (χ3n) is 3.46. The molecule has 2 amide bonds. The van der Waals surface area contributed by atoms with E-state index >= 15 is 0 Å². The zero-order chi connectivity index (χ0) is 19.3. The molecule has 2 aromatic rings. The largest absolute Gasteiger partial charge is 0.405 e. The molecule has 0 heterocycles. The molecule has 0 aliphatic carbocycles. The molecule has 0 spiro atoms. The fraction of sp³-hybridized carbons (Fsp3) is 0.222. The van der Waals surface area contributed by atoms with E-state index in [1.54, 1.807) is 29.6 Å². The molecule has 8 heteroatoms. The number of alkyl halides is 3. The number of amides is 2. The number of hydrogen-bond donors (Lipinski definition) is 2. The molecule has 138 valence electrons. The van der Waals surface area contributed by atoms with Crippen LogP contribution in [0.2, 0.25) is 0 Å². The molecular weight excluding hydrogens is 347 g/mol. The summed E-state index contributed by atoms with van der Waals surface area (Å²) in [6.07, 6.45) is -4.49. The fourth-order valence-corrected chi connectivity index (χ4v) is 2.15. The SMILES string of the molecule is CN(C)c1cccc(C(=O)Nc2cccc(C(=O)NCC(F)(F)F)c2)c1. The Bertz CT molecular complexity index is 804. The van der Waals surface area contributed by atoms with Crippen molar-refractivity contribution in [3.05, 3.63) is 59.7 Å². The number of nitrogens with zero attached hydrogens (tertiary/aromatic N) is 1. The summed E-state index contributed by atoms with van der Waals surface area (Å²) in [7, 11) is 3.69. The summed E-state index contributed by atoms with van der Waals surface area (Å²) < 4.78 is 36.6. The third-order valence-corrected chi connectivity index (χ3v) is 3.46. The zero-order valence-electron chi connectivity index (χ0n) is 14.2. The first-order valence-electron chi connectivity index (χ1n) is 7.69. The second-order valence-electron chi connectivity index (χ2n) is 5.78. The van der Waals surface area contributed by atoms with Gasteiger partial charge in [0.2, 0.25) is 0 Å². The summed E-state index contributed by atoms with van der Waals surface area (Å²) in [6.45, 7) is -1.42. The normalized spacial score (nSPS) is 11.0. The van der Waals surface area contributed by atoms with E-state index in [0.717, 1.165) is 5.69 Å². The second kappa shape index (κ2) is 7.90. The highest BCUT2D eigenvalue weighted by molar-refractivity contribution is 6.05. The van der Waals surface area contributed by atoms with E-state index in [9.17, 15) is 22.8 Å². The number of rotatable bonds is 5. The van der Waals surface area contributed by atoms with Gasteiger partial charge in [-0.15, -0.1) is 0 Å². The smallest absolute Gasteiger partial charge is 0.378 e. The van der Waals surface area contributed by atoms with Crippen LogP contribution in [0.5, 0.6) is 0 Å². The Morgan fingerprint density at radius 1 is 0.962 bits per heavy atom. The van der Waals surface area contributed by atoms with Crippen LogP contribution in [0.15, 0.2) is 48.5 Å². The minimum Gasteiger partial charge on any atom is -0.378 e. The highest BCUT2D eigenvalue weighted by atomic mass is 19.4. The van der Waals surface area contributed by atoms with E-state index < -0.39 is 18.6 Å². The Morgan fingerprint density at radius 2 is 1.58 bits per heavy atom. The summed E-state index contributed by atoms with van der Waals surface area (Å²) in [5.41, 5.74) is 1.60. The summed E-state index contributed by atoms with van der Waals surface area (Å²) in [5.74, 6) is -1.26. The maximum Gasteiger partial charge on any atom is 0.405 e. The van der Waals surface area contributed by atoms with Crippen LogP contribution in [-0.2, 0) is 0 Å². The van der Waals surface area contributed by atoms with E-state index in [1.807, 2.05) is 25.1 Å². The highest BCUT2D eigenvalue weighted by Gasteiger charge is 2.27. The van der Waals surface area contributed by atoms with Crippen molar-refractivity contribution in [3.63, 3.8) is 0 Å². The van der Waals surface area contributed by atoms with Crippen LogP contribution in [-0.4, -0.2) is 38.6 Å². The number of anilines is 2. The number of nitrogens with one attached hydrogen (secondary N) is 2. The van der Waals surface area contributed by atoms with Crippen molar-refractivity contribution in [2.24, 2.45) is 0 Å². The van der Waals surface area contributed by atoms with E-state index in [4.69, 9.17) is 0 Å². The molecule has 0 aromatic heterocycles. The lowest BCUT2D eigenvalue weighted by Crippen LogP contribution is -2.33. The van der Waals surface area contributed by atoms with Crippen LogP contribution < -0.4 is 15.5 Å². The van der Waals surface area contributed by atoms with Gasteiger partial charge in [0.15, 0.2) is 0 Å². The van der Waals surface area contributed by atoms with Crippen LogP contribution in [0.3, 0.4) is 0 Å². The summed E-state index contributed by atoms with van der Waals surface area (Å²) in [6, 6.07) is 12.7. The molecule has 2 aromatic carbocycles. The van der Waals surface area contributed by atoms with Gasteiger partial charge in [0.25, 0.3) is 11.8 Å². The maximum absolute atomic E-state index is 12.3. The Balaban J connectivity index is 2.09. The first-order chi connectivity index (χ1) is 12.2. The van der Waals surface area contributed by atoms with Crippen molar-refractivity contribution in [3.8, 4) is 0 Å². The van der Waals surface area contributed by atoms with Crippen molar-refractivity contribution in [1.82, 2.24) is 5.32 Å². The lowest BCUT2D eigenvalue weighted by atomic mass is 10.1. The Morgan fingerprint density at radius 3 is 2.19 bits per heavy atom. The molecule has 2 N–H and O–H groups in total. The van der Waals surface area contributed by atoms with Gasteiger partial charge in [0.05, 0.1) is 0 Å². The molecule has 0 aliphatic heterocycles. The van der Waals surface area contributed by atoms with Crippen molar-refractivity contribution in [2.75, 3.05) is 30.9 Å². The van der Waals surface area contributed by atoms with Gasteiger partial charge in [0.1, 0.15) is 6.54 Å². The molecular formula is C18H18F3N3O2. The van der Waals surface area contributed by atoms with Crippen LogP contribution in [0.1, 0.15) is 20.7 Å². The standard InChI is InChI=1S/C18H18F3N3O2/c1-24(2)15-8-4-6-13(10-15)17(26)23-14-7-3-5-12(9-14)16(25)22-11-18(19,20)21/h3-10H,11H2,1-2H3,(H,22,25)(H,23,26). The monoisotopic (exact) mass is 365 g/mol. The molecule has 0 saturated carbocycles. The van der Waals surface area contributed by atoms with E-state index in [0.29, 0.717) is 11.3 Å². The fourth-order valence-electron chi connectivity index (χ4n) is 2.15. The van der Waals surface area contributed by atoms with Gasteiger partial charge in [-0.2, -0.15) is 13.2 Å². The van der Waals surface area contributed by atoms with Crippen LogP contribution >= 0.6 is 0 Å². The molecule has 26 heavy (non-hydrogen) atoms. The number of carbonyl (C=O) groups is 2. The van der Waals surface area contributed by atoms with Gasteiger partial charge in [-0.1, -0.05) is 12.1 Å². The molecule has 0 atom stereocenters. The van der Waals surface area contributed by atoms with Gasteiger partial charge >= 0.3 is 6.18 Å². The Labute approximate surface area is 148 Å². The van der Waals surface area contributed by atoms with Gasteiger partial charge in [-0.05, 0) is 36.4 Å². The van der Waals surface area contributed by atoms with Gasteiger partial charge in [0, 0.05) is 36.6 Å². The molecule has 5 nitrogen and oxygen atoms in total. The minimum absolute atomic E-state index is 0.0223. The average molecular weight is 365 g/mol. The predicted molar refractivity (Wildman–Crippen MR) is 93.6 cm³/mol. The summed E-state index contributed by atoms with van der Waals surface area (Å²) in [5, 5.41) is 4.42. The topological polar surface area (TPSA) is 61.4 Å². The number of benzene rings is 2. The predicted octanol–water partition coefficient (Wildman–Crippen LogP) is 3.30. The van der Waals surface area contributed by atoms with E-state index in [-0.39, 0.29) is 11.5 Å². The van der Waals surface area contributed by atoms with Crippen molar-refractivity contribution in [2.45, 2.75) is 6.18 Å². The Kier molecular flexibility index (Phi) is 5.86. The highest BCUT2D eigenvalue weighted by Crippen LogP contribution is 2.17. The van der Waals surface area contributed by atoms with E-state index in [1.165, 1.54) is 18.2 Å². The molecule has 0 aliphatic rings. The number of halogens is 3. The first kappa shape index (κ1) is 19.3. The van der Waals surface area contributed by atoms with Crippen molar-refractivity contribution >= 4 is 23.2 Å². The Hall–Kier alpha value is -3.03. The molecule has 0 saturated heterocycles. The number of hydrogen-bond acceptors (Lipinski definition) is 3. The first-order valence-corrected chi connectivity index (χ1v) is 7.69. The minimum atomic E-state index is -4.49. The number of carbonyl (C=O) groups excluding carboxylic acids is 2. The second-order valence-corrected chi connectivity index (χ2v) is 5.78. The van der Waals surface area contributed by atoms with Crippen LogP contribution in [0.25, 0.3) is 0 Å². The van der Waals surface area contributed by atoms with Crippen LogP contribution in [0, 0.1) is 0 Å². The average Bonchev–Trinajstić information content (AvgIpc) is 2.59. The van der Waals surface area contributed by atoms with E-state index in [2.05, 4.69) is 5.32 Å². The van der Waals surface area contributed by atoms with Gasteiger partial charge in [-0.25, -0.2) is 0 Å². The lowest BCUT2D eigenvalue weighted by molar-refractivity contribution is -0.123. The van der Waals surface area contributed by atoms with Crippen LogP contribution in [0.4, 0.5) is 24.5 Å². The van der Waals surface area contributed by atoms with Crippen molar-refractivity contribution < 1.29 is 22.8 Å². The lowest BCUT2D eigenvalue weighted by Gasteiger charge is -2.14. The summed E-state index contributed by atoms with van der Waals surface area (Å²) >= 11 is 0. The quantitative estimate of drug-likeness (QED) is 0.855. The molecule has 0 fully saturated rings. The summed E-state index contributed by atoms with van der Waals surface area (Å²) in [4.78, 5) is 26.0. The van der Waals surface area contributed by atoms with Crippen molar-refractivity contribution in [1.29, 1.82) is 0 Å². The van der Waals surface area contributed by atoms with Gasteiger partial charge in [-0.3, -0.25) is 9.59 Å². The molecule has 2 rings (SSSR count). The molecule has 0 bridgehead atoms. The molecule has 0 radical (unpaired) electrons. The zero-order valence-corrected chi connectivity index (χ0v) is 14.2. The van der Waals surface area contributed by atoms with Gasteiger partial charge < -0.3 is 15.5 Å². The molecule has 0 unspecified atom stereocenters. The maximum atomic E-state index is 12.3. The third kappa shape index (κ3) is 5.51.